The Morgan fingerprint density at radius 1 is 1.25 bits per heavy atom. The lowest BCUT2D eigenvalue weighted by Gasteiger charge is -2.14. The van der Waals surface area contributed by atoms with Gasteiger partial charge in [0, 0.05) is 5.69 Å². The first-order valence-corrected chi connectivity index (χ1v) is 5.65. The van der Waals surface area contributed by atoms with E-state index in [1.165, 1.54) is 36.9 Å². The van der Waals surface area contributed by atoms with E-state index in [0.717, 1.165) is 5.03 Å². The van der Waals surface area contributed by atoms with E-state index in [1.54, 1.807) is 11.8 Å². The first-order valence-electron chi connectivity index (χ1n) is 4.43. The fraction of sp³-hybridized carbons (Fsp3) is 0.500. The van der Waals surface area contributed by atoms with Crippen LogP contribution in [0.2, 0.25) is 0 Å². The molecule has 1 aliphatic carbocycles. The molecule has 0 bridgehead atoms. The van der Waals surface area contributed by atoms with Crippen molar-refractivity contribution < 1.29 is 0 Å². The van der Waals surface area contributed by atoms with E-state index in [4.69, 9.17) is 0 Å². The van der Waals surface area contributed by atoms with Crippen LogP contribution in [0.3, 0.4) is 0 Å². The van der Waals surface area contributed by atoms with Crippen molar-refractivity contribution in [3.8, 4) is 0 Å². The van der Waals surface area contributed by atoms with Crippen molar-refractivity contribution in [3.05, 3.63) is 23.4 Å². The van der Waals surface area contributed by atoms with E-state index in [9.17, 15) is 0 Å². The molecule has 0 aromatic carbocycles. The molecule has 0 fully saturated rings. The van der Waals surface area contributed by atoms with Crippen LogP contribution in [0.25, 0.3) is 0 Å². The van der Waals surface area contributed by atoms with Crippen LogP contribution in [0.4, 0.5) is 0 Å². The second-order valence-corrected chi connectivity index (χ2v) is 3.99. The highest BCUT2D eigenvalue weighted by molar-refractivity contribution is 7.98. The summed E-state index contributed by atoms with van der Waals surface area (Å²) in [5, 5.41) is 1.16. The molecule has 0 atom stereocenters. The lowest BCUT2D eigenvalue weighted by molar-refractivity contribution is 0.661. The van der Waals surface area contributed by atoms with Crippen LogP contribution in [0.5, 0.6) is 0 Å². The highest BCUT2D eigenvalue weighted by Crippen LogP contribution is 2.22. The standard InChI is InChI=1S/C10H13NS/c1-12-10-7-6-8-4-2-3-5-9(8)11-10/h6-7H,2-5H2,1H3. The molecule has 2 heteroatoms. The van der Waals surface area contributed by atoms with E-state index in [-0.39, 0.29) is 0 Å². The molecule has 0 spiro atoms. The summed E-state index contributed by atoms with van der Waals surface area (Å²) in [7, 11) is 0. The predicted molar refractivity (Wildman–Crippen MR) is 52.7 cm³/mol. The van der Waals surface area contributed by atoms with Gasteiger partial charge in [-0.25, -0.2) is 4.98 Å². The van der Waals surface area contributed by atoms with Crippen molar-refractivity contribution in [2.24, 2.45) is 0 Å². The number of pyridine rings is 1. The zero-order chi connectivity index (χ0) is 8.39. The van der Waals surface area contributed by atoms with Crippen molar-refractivity contribution in [2.45, 2.75) is 30.7 Å². The minimum atomic E-state index is 1.16. The van der Waals surface area contributed by atoms with Gasteiger partial charge in [-0.05, 0) is 43.6 Å². The molecular weight excluding hydrogens is 166 g/mol. The Hall–Kier alpha value is -0.500. The Labute approximate surface area is 77.6 Å². The Morgan fingerprint density at radius 2 is 2.08 bits per heavy atom. The number of thioether (sulfide) groups is 1. The molecule has 64 valence electrons. The monoisotopic (exact) mass is 179 g/mol. The molecule has 1 aromatic rings. The predicted octanol–water partition coefficient (Wildman–Crippen LogP) is 2.68. The minimum absolute atomic E-state index is 1.16. The molecule has 0 radical (unpaired) electrons. The Morgan fingerprint density at radius 3 is 2.92 bits per heavy atom. The minimum Gasteiger partial charge on any atom is -0.246 e. The third-order valence-electron chi connectivity index (χ3n) is 2.36. The number of aromatic nitrogens is 1. The Bertz CT molecular complexity index is 283. The zero-order valence-corrected chi connectivity index (χ0v) is 8.16. The number of rotatable bonds is 1. The largest absolute Gasteiger partial charge is 0.246 e. The summed E-state index contributed by atoms with van der Waals surface area (Å²) in [5.41, 5.74) is 2.81. The van der Waals surface area contributed by atoms with Crippen molar-refractivity contribution in [3.63, 3.8) is 0 Å². The van der Waals surface area contributed by atoms with E-state index in [0.29, 0.717) is 0 Å². The van der Waals surface area contributed by atoms with Gasteiger partial charge >= 0.3 is 0 Å². The molecular formula is C10H13NS. The van der Waals surface area contributed by atoms with Gasteiger partial charge < -0.3 is 0 Å². The van der Waals surface area contributed by atoms with E-state index < -0.39 is 0 Å². The van der Waals surface area contributed by atoms with Crippen molar-refractivity contribution >= 4 is 11.8 Å². The van der Waals surface area contributed by atoms with Crippen LogP contribution in [0.1, 0.15) is 24.1 Å². The Balaban J connectivity index is 2.36. The van der Waals surface area contributed by atoms with Gasteiger partial charge in [0.1, 0.15) is 0 Å². The van der Waals surface area contributed by atoms with Crippen LogP contribution >= 0.6 is 11.8 Å². The summed E-state index contributed by atoms with van der Waals surface area (Å²) in [6.45, 7) is 0. The zero-order valence-electron chi connectivity index (χ0n) is 7.34. The molecule has 0 aliphatic heterocycles. The molecule has 1 aliphatic rings. The van der Waals surface area contributed by atoms with Gasteiger partial charge in [0.2, 0.25) is 0 Å². The van der Waals surface area contributed by atoms with Crippen LogP contribution < -0.4 is 0 Å². The summed E-state index contributed by atoms with van der Waals surface area (Å²) >= 11 is 1.73. The summed E-state index contributed by atoms with van der Waals surface area (Å²) in [6.07, 6.45) is 7.16. The molecule has 2 rings (SSSR count). The van der Waals surface area contributed by atoms with Crippen molar-refractivity contribution in [2.75, 3.05) is 6.26 Å². The fourth-order valence-electron chi connectivity index (χ4n) is 1.68. The number of fused-ring (bicyclic) bond motifs is 1. The average molecular weight is 179 g/mol. The van der Waals surface area contributed by atoms with Crippen LogP contribution in [0.15, 0.2) is 17.2 Å². The molecule has 0 unspecified atom stereocenters. The quantitative estimate of drug-likeness (QED) is 0.615. The fourth-order valence-corrected chi connectivity index (χ4v) is 2.08. The third-order valence-corrected chi connectivity index (χ3v) is 3.01. The van der Waals surface area contributed by atoms with E-state index in [2.05, 4.69) is 23.4 Å². The van der Waals surface area contributed by atoms with Gasteiger partial charge in [0.25, 0.3) is 0 Å². The molecule has 12 heavy (non-hydrogen) atoms. The number of aryl methyl sites for hydroxylation is 2. The summed E-state index contributed by atoms with van der Waals surface area (Å²) < 4.78 is 0. The van der Waals surface area contributed by atoms with Gasteiger partial charge in [-0.2, -0.15) is 0 Å². The highest BCUT2D eigenvalue weighted by atomic mass is 32.2. The SMILES string of the molecule is CSc1ccc2c(n1)CCCC2. The molecule has 1 aromatic heterocycles. The van der Waals surface area contributed by atoms with Gasteiger partial charge in [-0.1, -0.05) is 6.07 Å². The third kappa shape index (κ3) is 1.48. The van der Waals surface area contributed by atoms with Gasteiger partial charge in [0.05, 0.1) is 5.03 Å². The van der Waals surface area contributed by atoms with Crippen LogP contribution in [0, 0.1) is 0 Å². The first-order chi connectivity index (χ1) is 5.90. The van der Waals surface area contributed by atoms with Gasteiger partial charge in [-0.15, -0.1) is 11.8 Å². The maximum atomic E-state index is 4.59. The topological polar surface area (TPSA) is 12.9 Å². The Kier molecular flexibility index (Phi) is 2.35. The number of hydrogen-bond donors (Lipinski definition) is 0. The molecule has 0 saturated carbocycles. The maximum absolute atomic E-state index is 4.59. The van der Waals surface area contributed by atoms with E-state index in [1.807, 2.05) is 0 Å². The molecule has 0 saturated heterocycles. The van der Waals surface area contributed by atoms with E-state index >= 15 is 0 Å². The second-order valence-electron chi connectivity index (χ2n) is 3.17. The van der Waals surface area contributed by atoms with Gasteiger partial charge in [-0.3, -0.25) is 0 Å². The van der Waals surface area contributed by atoms with Gasteiger partial charge in [0.15, 0.2) is 0 Å². The number of nitrogens with zero attached hydrogens (tertiary/aromatic N) is 1. The normalized spacial score (nSPS) is 15.8. The summed E-state index contributed by atoms with van der Waals surface area (Å²) in [5.74, 6) is 0. The summed E-state index contributed by atoms with van der Waals surface area (Å²) in [4.78, 5) is 4.59. The summed E-state index contributed by atoms with van der Waals surface area (Å²) in [6, 6.07) is 4.38. The molecule has 1 nitrogen and oxygen atoms in total. The van der Waals surface area contributed by atoms with Crippen molar-refractivity contribution in [1.82, 2.24) is 4.98 Å². The van der Waals surface area contributed by atoms with Crippen LogP contribution in [-0.2, 0) is 12.8 Å². The first kappa shape index (κ1) is 8.11. The smallest absolute Gasteiger partial charge is 0.0960 e. The lowest BCUT2D eigenvalue weighted by atomic mass is 9.96. The molecule has 1 heterocycles. The highest BCUT2D eigenvalue weighted by Gasteiger charge is 2.10. The van der Waals surface area contributed by atoms with Crippen LogP contribution in [-0.4, -0.2) is 11.2 Å². The van der Waals surface area contributed by atoms with Crippen molar-refractivity contribution in [1.29, 1.82) is 0 Å². The lowest BCUT2D eigenvalue weighted by Crippen LogP contribution is -2.05. The molecule has 0 N–H and O–H groups in total. The molecule has 0 amide bonds. The average Bonchev–Trinajstić information content (AvgIpc) is 2.17. The maximum Gasteiger partial charge on any atom is 0.0960 e. The second kappa shape index (κ2) is 3.48. The number of hydrogen-bond acceptors (Lipinski definition) is 2.